The van der Waals surface area contributed by atoms with Gasteiger partial charge in [-0.15, -0.1) is 0 Å². The van der Waals surface area contributed by atoms with Gasteiger partial charge in [0.1, 0.15) is 11.3 Å². The smallest absolute Gasteiger partial charge is 0.423 e. The number of carbonyl (C=O) groups is 1. The lowest BCUT2D eigenvalue weighted by Crippen LogP contribution is -2.43. The Hall–Kier alpha value is -4.04. The predicted octanol–water partition coefficient (Wildman–Crippen LogP) is 4.85. The van der Waals surface area contributed by atoms with Gasteiger partial charge in [0.2, 0.25) is 11.8 Å². The Bertz CT molecular complexity index is 1560. The number of amides is 1. The number of anilines is 3. The van der Waals surface area contributed by atoms with Crippen molar-refractivity contribution in [3.8, 4) is 17.4 Å². The van der Waals surface area contributed by atoms with Gasteiger partial charge >= 0.3 is 6.18 Å². The number of ether oxygens (including phenoxy) is 2. The third-order valence-electron chi connectivity index (χ3n) is 6.49. The van der Waals surface area contributed by atoms with Crippen molar-refractivity contribution in [1.29, 1.82) is 0 Å². The molecule has 2 aromatic carbocycles. The van der Waals surface area contributed by atoms with Crippen LogP contribution < -0.4 is 24.8 Å². The Labute approximate surface area is 242 Å². The fraction of sp³-hybridized carbons (Fsp3) is 0.357. The predicted molar refractivity (Wildman–Crippen MR) is 157 cm³/mol. The van der Waals surface area contributed by atoms with Crippen LogP contribution in [0.2, 0.25) is 0 Å². The number of halogens is 3. The van der Waals surface area contributed by atoms with E-state index < -0.39 is 27.3 Å². The average molecular weight is 607 g/mol. The van der Waals surface area contributed by atoms with Crippen LogP contribution in [0.3, 0.4) is 0 Å². The van der Waals surface area contributed by atoms with Crippen LogP contribution in [0.15, 0.2) is 42.6 Å². The molecular weight excluding hydrogens is 573 g/mol. The van der Waals surface area contributed by atoms with Gasteiger partial charge in [-0.1, -0.05) is 6.07 Å². The maximum atomic E-state index is 13.9. The highest BCUT2D eigenvalue weighted by Gasteiger charge is 2.37. The molecule has 14 heteroatoms. The van der Waals surface area contributed by atoms with E-state index >= 15 is 0 Å². The van der Waals surface area contributed by atoms with Gasteiger partial charge in [-0.2, -0.15) is 18.2 Å². The number of aryl methyl sites for hydroxylation is 1. The molecule has 0 spiro atoms. The van der Waals surface area contributed by atoms with E-state index in [1.807, 2.05) is 7.05 Å². The topological polar surface area (TPSA) is 118 Å². The summed E-state index contributed by atoms with van der Waals surface area (Å²) in [5, 5.41) is 5.87. The number of rotatable bonds is 9. The number of hydrogen-bond donors (Lipinski definition) is 3. The number of hydrogen-bond acceptors (Lipinski definition) is 8. The van der Waals surface area contributed by atoms with E-state index in [4.69, 9.17) is 9.47 Å². The number of likely N-dealkylation sites (tertiary alicyclic amines) is 1. The molecule has 3 aromatic rings. The van der Waals surface area contributed by atoms with E-state index in [0.717, 1.165) is 25.9 Å². The van der Waals surface area contributed by atoms with Crippen LogP contribution in [0.25, 0.3) is 0 Å². The molecule has 1 unspecified atom stereocenters. The zero-order chi connectivity index (χ0) is 30.7. The Morgan fingerprint density at radius 2 is 1.81 bits per heavy atom. The van der Waals surface area contributed by atoms with Gasteiger partial charge in [0.25, 0.3) is 5.91 Å². The maximum absolute atomic E-state index is 13.9. The summed E-state index contributed by atoms with van der Waals surface area (Å²) in [5.74, 6) is 2.53. The summed E-state index contributed by atoms with van der Waals surface area (Å²) in [5.41, 5.74) is 0.346. The molecular formula is C28H33F3N6O4S. The zero-order valence-corrected chi connectivity index (χ0v) is 24.5. The van der Waals surface area contributed by atoms with Crippen molar-refractivity contribution >= 4 is 38.8 Å². The summed E-state index contributed by atoms with van der Waals surface area (Å²) in [6, 6.07) is 9.42. The van der Waals surface area contributed by atoms with Gasteiger partial charge in [0.15, 0.2) is 5.75 Å². The Morgan fingerprint density at radius 1 is 1.12 bits per heavy atom. The standard InChI is InChI=1S/C28H33F3N6O4S/c1-17-6-8-22(36-42(4,5)39)24(14-17)41-26-20(28(29,30)31)16-32-27(35-26)34-21-9-7-18(15-23(21)40-3)25(38)33-19-10-12-37(2)13-11-19/h6-9,14-16,19H,4,10-13H2,1-3,5H3,(H,33,38)(H,36,39)(H,32,34,35). The largest absolute Gasteiger partial charge is 0.495 e. The van der Waals surface area contributed by atoms with Crippen LogP contribution >= 0.6 is 0 Å². The van der Waals surface area contributed by atoms with E-state index in [1.165, 1.54) is 31.6 Å². The number of carbonyl (C=O) groups excluding carboxylic acids is 1. The quantitative estimate of drug-likeness (QED) is 0.296. The lowest BCUT2D eigenvalue weighted by Gasteiger charge is -2.29. The van der Waals surface area contributed by atoms with E-state index in [9.17, 15) is 22.2 Å². The fourth-order valence-corrected chi connectivity index (χ4v) is 4.95. The highest BCUT2D eigenvalue weighted by atomic mass is 32.2. The molecule has 226 valence electrons. The van der Waals surface area contributed by atoms with Crippen LogP contribution in [-0.2, 0) is 15.9 Å². The zero-order valence-electron chi connectivity index (χ0n) is 23.7. The second kappa shape index (κ2) is 12.4. The second-order valence-electron chi connectivity index (χ2n) is 10.2. The molecule has 0 aliphatic carbocycles. The molecule has 0 saturated carbocycles. The minimum Gasteiger partial charge on any atom is -0.495 e. The molecule has 1 aliphatic heterocycles. The third kappa shape index (κ3) is 8.03. The van der Waals surface area contributed by atoms with Crippen molar-refractivity contribution in [1.82, 2.24) is 20.2 Å². The van der Waals surface area contributed by atoms with E-state index in [2.05, 4.69) is 36.1 Å². The minimum absolute atomic E-state index is 0.0269. The average Bonchev–Trinajstić information content (AvgIpc) is 2.90. The number of methoxy groups -OCH3 is 1. The summed E-state index contributed by atoms with van der Waals surface area (Å²) in [6.45, 7) is 3.52. The SMILES string of the molecule is C=S(C)(=O)Nc1ccc(C)cc1Oc1nc(Nc2ccc(C(=O)NC3CCN(C)CC3)cc2OC)ncc1C(F)(F)F. The summed E-state index contributed by atoms with van der Waals surface area (Å²) >= 11 is 0. The van der Waals surface area contributed by atoms with Gasteiger partial charge in [-0.25, -0.2) is 9.19 Å². The number of nitrogens with one attached hydrogen (secondary N) is 3. The molecule has 1 fully saturated rings. The van der Waals surface area contributed by atoms with Crippen molar-refractivity contribution in [2.45, 2.75) is 32.0 Å². The molecule has 0 bridgehead atoms. The number of piperidine rings is 1. The first-order valence-corrected chi connectivity index (χ1v) is 15.1. The third-order valence-corrected chi connectivity index (χ3v) is 7.14. The van der Waals surface area contributed by atoms with Crippen LogP contribution in [0, 0.1) is 6.92 Å². The van der Waals surface area contributed by atoms with Gasteiger partial charge in [0, 0.05) is 33.8 Å². The summed E-state index contributed by atoms with van der Waals surface area (Å²) in [7, 11) is 0.680. The number of nitrogens with zero attached hydrogens (tertiary/aromatic N) is 3. The first-order chi connectivity index (χ1) is 19.7. The van der Waals surface area contributed by atoms with E-state index in [0.29, 0.717) is 23.0 Å². The summed E-state index contributed by atoms with van der Waals surface area (Å²) in [4.78, 5) is 22.9. The highest BCUT2D eigenvalue weighted by Crippen LogP contribution is 2.40. The van der Waals surface area contributed by atoms with Crippen LogP contribution in [0.1, 0.15) is 34.3 Å². The van der Waals surface area contributed by atoms with E-state index in [1.54, 1.807) is 25.1 Å². The van der Waals surface area contributed by atoms with Gasteiger partial charge in [0.05, 0.1) is 18.5 Å². The normalized spacial score (nSPS) is 15.9. The van der Waals surface area contributed by atoms with Gasteiger partial charge < -0.3 is 29.7 Å². The number of benzene rings is 2. The molecule has 1 aromatic heterocycles. The molecule has 4 rings (SSSR count). The molecule has 0 radical (unpaired) electrons. The van der Waals surface area contributed by atoms with Crippen molar-refractivity contribution in [3.63, 3.8) is 0 Å². The maximum Gasteiger partial charge on any atom is 0.423 e. The first kappa shape index (κ1) is 30.9. The van der Waals surface area contributed by atoms with Crippen molar-refractivity contribution in [2.24, 2.45) is 0 Å². The molecule has 42 heavy (non-hydrogen) atoms. The summed E-state index contributed by atoms with van der Waals surface area (Å²) in [6.07, 6.45) is -1.17. The molecule has 1 saturated heterocycles. The fourth-order valence-electron chi connectivity index (χ4n) is 4.31. The molecule has 10 nitrogen and oxygen atoms in total. The Kier molecular flexibility index (Phi) is 9.16. The van der Waals surface area contributed by atoms with Crippen molar-refractivity contribution < 1.29 is 31.6 Å². The lowest BCUT2D eigenvalue weighted by atomic mass is 10.0. The lowest BCUT2D eigenvalue weighted by molar-refractivity contribution is -0.139. The van der Waals surface area contributed by atoms with Crippen LogP contribution in [0.5, 0.6) is 17.4 Å². The van der Waals surface area contributed by atoms with Crippen LogP contribution in [-0.4, -0.2) is 70.4 Å². The van der Waals surface area contributed by atoms with Gasteiger partial charge in [-0.3, -0.25) is 4.79 Å². The second-order valence-corrected chi connectivity index (χ2v) is 12.4. The Balaban J connectivity index is 1.60. The molecule has 3 N–H and O–H groups in total. The Morgan fingerprint density at radius 3 is 2.45 bits per heavy atom. The summed E-state index contributed by atoms with van der Waals surface area (Å²) < 4.78 is 67.6. The van der Waals surface area contributed by atoms with Crippen molar-refractivity contribution in [3.05, 3.63) is 59.3 Å². The number of alkyl halides is 3. The molecule has 1 amide bonds. The molecule has 1 atom stereocenters. The molecule has 2 heterocycles. The monoisotopic (exact) mass is 606 g/mol. The van der Waals surface area contributed by atoms with E-state index in [-0.39, 0.29) is 35.1 Å². The van der Waals surface area contributed by atoms with Crippen LogP contribution in [0.4, 0.5) is 30.5 Å². The van der Waals surface area contributed by atoms with Crippen molar-refractivity contribution in [2.75, 3.05) is 43.5 Å². The first-order valence-electron chi connectivity index (χ1n) is 13.0. The molecule has 1 aliphatic rings. The van der Waals surface area contributed by atoms with Gasteiger partial charge in [-0.05, 0) is 81.7 Å². The highest BCUT2D eigenvalue weighted by molar-refractivity contribution is 8.00. The minimum atomic E-state index is -4.82. The number of aromatic nitrogens is 2.